The van der Waals surface area contributed by atoms with E-state index in [0.717, 1.165) is 0 Å². The average molecular weight is 272 g/mol. The zero-order chi connectivity index (χ0) is 14.5. The van der Waals surface area contributed by atoms with Gasteiger partial charge in [-0.15, -0.1) is 0 Å². The Morgan fingerprint density at radius 1 is 1.37 bits per heavy atom. The first-order valence-electron chi connectivity index (χ1n) is 6.62. The number of nitrogens with two attached hydrogens (primary N) is 1. The number of nitrogens with one attached hydrogen (secondary N) is 1. The van der Waals surface area contributed by atoms with E-state index in [4.69, 9.17) is 10.5 Å². The monoisotopic (exact) mass is 272 g/mol. The minimum Gasteiger partial charge on any atom is -0.481 e. The molecule has 0 aromatic carbocycles. The minimum absolute atomic E-state index is 0.148. The van der Waals surface area contributed by atoms with E-state index in [1.54, 1.807) is 0 Å². The second-order valence-corrected chi connectivity index (χ2v) is 5.96. The molecule has 0 bridgehead atoms. The Bertz CT molecular complexity index is 330. The Hall–Kier alpha value is -1.14. The van der Waals surface area contributed by atoms with Gasteiger partial charge in [-0.1, -0.05) is 0 Å². The number of carbonyl (C=O) groups excluding carboxylic acids is 1. The van der Waals surface area contributed by atoms with E-state index < -0.39 is 11.4 Å². The Labute approximate surface area is 113 Å². The lowest BCUT2D eigenvalue weighted by atomic mass is 9.80. The summed E-state index contributed by atoms with van der Waals surface area (Å²) in [6, 6.07) is 0. The van der Waals surface area contributed by atoms with Crippen molar-refractivity contribution < 1.29 is 19.4 Å². The molecule has 0 radical (unpaired) electrons. The van der Waals surface area contributed by atoms with E-state index >= 15 is 0 Å². The zero-order valence-corrected chi connectivity index (χ0v) is 11.7. The van der Waals surface area contributed by atoms with E-state index in [9.17, 15) is 14.7 Å². The Morgan fingerprint density at radius 3 is 2.42 bits per heavy atom. The number of carbonyl (C=O) groups is 2. The van der Waals surface area contributed by atoms with Gasteiger partial charge in [0.05, 0.1) is 5.41 Å². The van der Waals surface area contributed by atoms with Crippen LogP contribution in [0.1, 0.15) is 39.5 Å². The largest absolute Gasteiger partial charge is 0.481 e. The predicted molar refractivity (Wildman–Crippen MR) is 70.6 cm³/mol. The van der Waals surface area contributed by atoms with Crippen molar-refractivity contribution in [2.24, 2.45) is 11.1 Å². The summed E-state index contributed by atoms with van der Waals surface area (Å²) in [7, 11) is 0. The third-order valence-electron chi connectivity index (χ3n) is 3.52. The molecule has 19 heavy (non-hydrogen) atoms. The van der Waals surface area contributed by atoms with Crippen LogP contribution in [0.3, 0.4) is 0 Å². The van der Waals surface area contributed by atoms with E-state index in [0.29, 0.717) is 38.9 Å². The number of hydrogen-bond acceptors (Lipinski definition) is 4. The predicted octanol–water partition coefficient (Wildman–Crippen LogP) is 0.502. The second-order valence-electron chi connectivity index (χ2n) is 5.96. The number of rotatable bonds is 6. The summed E-state index contributed by atoms with van der Waals surface area (Å²) in [5.41, 5.74) is 4.54. The van der Waals surface area contributed by atoms with Crippen LogP contribution in [0.2, 0.25) is 0 Å². The maximum atomic E-state index is 11.7. The molecule has 0 aromatic heterocycles. The molecule has 4 N–H and O–H groups in total. The highest BCUT2D eigenvalue weighted by Crippen LogP contribution is 2.30. The lowest BCUT2D eigenvalue weighted by Gasteiger charge is -2.33. The minimum atomic E-state index is -0.883. The summed E-state index contributed by atoms with van der Waals surface area (Å²) in [5, 5.41) is 12.1. The number of carboxylic acids is 1. The molecule has 110 valence electrons. The molecule has 0 aromatic rings. The van der Waals surface area contributed by atoms with Gasteiger partial charge < -0.3 is 20.9 Å². The maximum Gasteiger partial charge on any atom is 0.311 e. The zero-order valence-electron chi connectivity index (χ0n) is 11.7. The second kappa shape index (κ2) is 6.34. The first-order valence-corrected chi connectivity index (χ1v) is 6.62. The highest BCUT2D eigenvalue weighted by molar-refractivity contribution is 5.79. The van der Waals surface area contributed by atoms with Crippen LogP contribution < -0.4 is 11.1 Å². The highest BCUT2D eigenvalue weighted by atomic mass is 16.5. The number of hydrogen-bond donors (Lipinski definition) is 3. The van der Waals surface area contributed by atoms with Crippen molar-refractivity contribution >= 4 is 11.9 Å². The molecule has 0 unspecified atom stereocenters. The number of amides is 1. The van der Waals surface area contributed by atoms with Crippen LogP contribution in [-0.2, 0) is 14.3 Å². The summed E-state index contributed by atoms with van der Waals surface area (Å²) in [6.45, 7) is 4.74. The first kappa shape index (κ1) is 15.9. The number of aliphatic carboxylic acids is 1. The lowest BCUT2D eigenvalue weighted by Crippen LogP contribution is -2.46. The topological polar surface area (TPSA) is 102 Å². The first-order chi connectivity index (χ1) is 8.75. The molecule has 0 saturated carbocycles. The smallest absolute Gasteiger partial charge is 0.311 e. The van der Waals surface area contributed by atoms with Crippen LogP contribution in [0.5, 0.6) is 0 Å². The summed E-state index contributed by atoms with van der Waals surface area (Å²) in [4.78, 5) is 23.1. The van der Waals surface area contributed by atoms with E-state index in [2.05, 4.69) is 5.32 Å². The fourth-order valence-corrected chi connectivity index (χ4v) is 2.02. The molecule has 6 nitrogen and oxygen atoms in total. The van der Waals surface area contributed by atoms with Gasteiger partial charge in [-0.25, -0.2) is 0 Å². The van der Waals surface area contributed by atoms with Gasteiger partial charge in [-0.05, 0) is 33.1 Å². The van der Waals surface area contributed by atoms with Crippen LogP contribution in [0.25, 0.3) is 0 Å². The van der Waals surface area contributed by atoms with Gasteiger partial charge in [0.15, 0.2) is 0 Å². The molecule has 1 saturated heterocycles. The van der Waals surface area contributed by atoms with Crippen molar-refractivity contribution in [2.75, 3.05) is 19.8 Å². The van der Waals surface area contributed by atoms with Crippen molar-refractivity contribution in [3.63, 3.8) is 0 Å². The molecule has 1 aliphatic heterocycles. The molecule has 0 aliphatic carbocycles. The summed E-state index contributed by atoms with van der Waals surface area (Å²) in [5.74, 6) is -1.01. The molecule has 0 atom stereocenters. The van der Waals surface area contributed by atoms with Gasteiger partial charge >= 0.3 is 5.97 Å². The van der Waals surface area contributed by atoms with Crippen molar-refractivity contribution in [1.29, 1.82) is 0 Å². The fraction of sp³-hybridized carbons (Fsp3) is 0.846. The van der Waals surface area contributed by atoms with Crippen LogP contribution in [-0.4, -0.2) is 42.3 Å². The molecular formula is C13H24N2O4. The normalized spacial score (nSPS) is 18.9. The SMILES string of the molecule is CC(C)(N)CCC(=O)NCC1(C(=O)O)CCOCC1. The quantitative estimate of drug-likeness (QED) is 0.653. The van der Waals surface area contributed by atoms with Gasteiger partial charge in [-0.2, -0.15) is 0 Å². The molecule has 1 heterocycles. The highest BCUT2D eigenvalue weighted by Gasteiger charge is 2.40. The maximum absolute atomic E-state index is 11.7. The van der Waals surface area contributed by atoms with Crippen molar-refractivity contribution in [3.05, 3.63) is 0 Å². The van der Waals surface area contributed by atoms with Crippen molar-refractivity contribution in [3.8, 4) is 0 Å². The van der Waals surface area contributed by atoms with Crippen LogP contribution in [0.15, 0.2) is 0 Å². The number of carboxylic acid groups (broad SMARTS) is 1. The Kier molecular flexibility index (Phi) is 5.31. The average Bonchev–Trinajstić information content (AvgIpc) is 2.34. The van der Waals surface area contributed by atoms with Crippen LogP contribution in [0.4, 0.5) is 0 Å². The van der Waals surface area contributed by atoms with Gasteiger partial charge in [0.25, 0.3) is 0 Å². The Balaban J connectivity index is 2.44. The molecule has 1 fully saturated rings. The lowest BCUT2D eigenvalue weighted by molar-refractivity contribution is -0.154. The van der Waals surface area contributed by atoms with E-state index in [-0.39, 0.29) is 18.0 Å². The van der Waals surface area contributed by atoms with Crippen molar-refractivity contribution in [1.82, 2.24) is 5.32 Å². The van der Waals surface area contributed by atoms with Crippen LogP contribution in [0, 0.1) is 5.41 Å². The van der Waals surface area contributed by atoms with Gasteiger partial charge in [0.1, 0.15) is 0 Å². The van der Waals surface area contributed by atoms with Crippen LogP contribution >= 0.6 is 0 Å². The summed E-state index contributed by atoms with van der Waals surface area (Å²) in [6.07, 6.45) is 1.76. The summed E-state index contributed by atoms with van der Waals surface area (Å²) >= 11 is 0. The third-order valence-corrected chi connectivity index (χ3v) is 3.52. The molecule has 1 amide bonds. The Morgan fingerprint density at radius 2 is 1.95 bits per heavy atom. The van der Waals surface area contributed by atoms with Gasteiger partial charge in [0.2, 0.25) is 5.91 Å². The fourth-order valence-electron chi connectivity index (χ4n) is 2.02. The van der Waals surface area contributed by atoms with Gasteiger partial charge in [0, 0.05) is 31.7 Å². The summed E-state index contributed by atoms with van der Waals surface area (Å²) < 4.78 is 5.18. The van der Waals surface area contributed by atoms with E-state index in [1.165, 1.54) is 0 Å². The molecule has 1 aliphatic rings. The third kappa shape index (κ3) is 5.16. The van der Waals surface area contributed by atoms with Crippen molar-refractivity contribution in [2.45, 2.75) is 45.1 Å². The molecular weight excluding hydrogens is 248 g/mol. The molecule has 0 spiro atoms. The van der Waals surface area contributed by atoms with E-state index in [1.807, 2.05) is 13.8 Å². The standard InChI is InChI=1S/C13H24N2O4/c1-12(2,14)4-3-10(16)15-9-13(11(17)18)5-7-19-8-6-13/h3-9,14H2,1-2H3,(H,15,16)(H,17,18). The molecule has 1 rings (SSSR count). The van der Waals surface area contributed by atoms with Gasteiger partial charge in [-0.3, -0.25) is 9.59 Å². The molecule has 6 heteroatoms. The number of ether oxygens (including phenoxy) is 1.